The van der Waals surface area contributed by atoms with E-state index >= 15 is 0 Å². The van der Waals surface area contributed by atoms with Crippen LogP contribution in [-0.4, -0.2) is 32.0 Å². The summed E-state index contributed by atoms with van der Waals surface area (Å²) in [5.41, 5.74) is 5.87. The van der Waals surface area contributed by atoms with Gasteiger partial charge in [-0.2, -0.15) is 0 Å². The van der Waals surface area contributed by atoms with Crippen molar-refractivity contribution in [3.63, 3.8) is 0 Å². The summed E-state index contributed by atoms with van der Waals surface area (Å²) in [6.45, 7) is 5.63. The highest BCUT2D eigenvalue weighted by Gasteiger charge is 2.12. The molecule has 0 unspecified atom stereocenters. The quantitative estimate of drug-likeness (QED) is 0.325. The lowest BCUT2D eigenvalue weighted by molar-refractivity contribution is 0.835. The molecule has 0 bridgehead atoms. The maximum Gasteiger partial charge on any atom is 0.280 e. The van der Waals surface area contributed by atoms with Gasteiger partial charge < -0.3 is 0 Å². The normalized spacial score (nSPS) is 11.6. The third-order valence-corrected chi connectivity index (χ3v) is 6.13. The predicted molar refractivity (Wildman–Crippen MR) is 148 cm³/mol. The van der Waals surface area contributed by atoms with Crippen molar-refractivity contribution < 1.29 is 0 Å². The molecule has 2 N–H and O–H groups in total. The van der Waals surface area contributed by atoms with E-state index in [4.69, 9.17) is 0 Å². The van der Waals surface area contributed by atoms with E-state index in [-0.39, 0.29) is 11.1 Å². The van der Waals surface area contributed by atoms with Gasteiger partial charge in [-0.15, -0.1) is 0 Å². The van der Waals surface area contributed by atoms with Crippen LogP contribution in [0.15, 0.2) is 98.4 Å². The van der Waals surface area contributed by atoms with Crippen molar-refractivity contribution in [2.24, 2.45) is 9.98 Å². The number of para-hydroxylation sites is 2. The van der Waals surface area contributed by atoms with Gasteiger partial charge in [0, 0.05) is 23.8 Å². The van der Waals surface area contributed by atoms with Crippen LogP contribution in [0, 0.1) is 20.8 Å². The molecule has 8 nitrogen and oxygen atoms in total. The van der Waals surface area contributed by atoms with Gasteiger partial charge in [-0.25, -0.2) is 9.36 Å². The fourth-order valence-corrected chi connectivity index (χ4v) is 4.03. The van der Waals surface area contributed by atoms with Gasteiger partial charge in [-0.1, -0.05) is 42.5 Å². The zero-order valence-corrected chi connectivity index (χ0v) is 20.8. The van der Waals surface area contributed by atoms with Crippen molar-refractivity contribution in [2.75, 3.05) is 0 Å². The Morgan fingerprint density at radius 1 is 0.649 bits per heavy atom. The number of aryl methyl sites for hydroxylation is 3. The highest BCUT2D eigenvalue weighted by molar-refractivity contribution is 5.85. The SMILES string of the molecule is Cc1ccc(N=Cc2c(C)[nH]n(-c3ccccc3)c2=O)cc1N=Cc1c(C)[nH]n(-c2ccccc2)c1=O. The lowest BCUT2D eigenvalue weighted by atomic mass is 10.2. The molecule has 0 amide bonds. The average Bonchev–Trinajstić information content (AvgIpc) is 3.37. The minimum absolute atomic E-state index is 0.170. The molecule has 3 aromatic carbocycles. The third-order valence-electron chi connectivity index (χ3n) is 6.13. The van der Waals surface area contributed by atoms with Crippen LogP contribution in [0.25, 0.3) is 11.4 Å². The summed E-state index contributed by atoms with van der Waals surface area (Å²) >= 11 is 0. The lowest BCUT2D eigenvalue weighted by Crippen LogP contribution is -2.17. The summed E-state index contributed by atoms with van der Waals surface area (Å²) in [5.74, 6) is 0. The Labute approximate surface area is 213 Å². The highest BCUT2D eigenvalue weighted by Crippen LogP contribution is 2.25. The van der Waals surface area contributed by atoms with Crippen LogP contribution in [0.5, 0.6) is 0 Å². The summed E-state index contributed by atoms with van der Waals surface area (Å²) < 4.78 is 3.01. The maximum atomic E-state index is 13.0. The summed E-state index contributed by atoms with van der Waals surface area (Å²) in [5, 5.41) is 6.21. The van der Waals surface area contributed by atoms with E-state index in [0.29, 0.717) is 22.5 Å². The third kappa shape index (κ3) is 4.77. The first-order chi connectivity index (χ1) is 17.9. The van der Waals surface area contributed by atoms with Crippen molar-refractivity contribution in [3.05, 3.63) is 128 Å². The van der Waals surface area contributed by atoms with E-state index in [1.807, 2.05) is 99.6 Å². The zero-order chi connectivity index (χ0) is 25.9. The molecule has 8 heteroatoms. The molecular weight excluding hydrogens is 464 g/mol. The van der Waals surface area contributed by atoms with Crippen LogP contribution in [-0.2, 0) is 0 Å². The zero-order valence-electron chi connectivity index (χ0n) is 20.8. The van der Waals surface area contributed by atoms with E-state index in [1.165, 1.54) is 9.36 Å². The molecule has 2 heterocycles. The van der Waals surface area contributed by atoms with Gasteiger partial charge >= 0.3 is 0 Å². The molecular formula is C29H26N6O2. The molecule has 0 fully saturated rings. The van der Waals surface area contributed by atoms with Crippen LogP contribution in [0.2, 0.25) is 0 Å². The Kier molecular flexibility index (Phi) is 6.38. The van der Waals surface area contributed by atoms with Crippen molar-refractivity contribution in [2.45, 2.75) is 20.8 Å². The lowest BCUT2D eigenvalue weighted by Gasteiger charge is -2.01. The van der Waals surface area contributed by atoms with E-state index < -0.39 is 0 Å². The van der Waals surface area contributed by atoms with Gasteiger partial charge in [-0.3, -0.25) is 29.8 Å². The standard InChI is InChI=1S/C29H26N6O2/c1-19-14-15-22(30-17-25-20(2)32-34(28(25)36)23-10-6-4-7-11-23)16-27(19)31-18-26-21(3)33-35(29(26)37)24-12-8-5-9-13-24/h4-18,32-33H,1-3H3. The molecule has 0 aliphatic heterocycles. The van der Waals surface area contributed by atoms with Gasteiger partial charge in [-0.05, 0) is 62.7 Å². The van der Waals surface area contributed by atoms with Crippen molar-refractivity contribution in [1.29, 1.82) is 0 Å². The van der Waals surface area contributed by atoms with E-state index in [2.05, 4.69) is 20.2 Å². The number of rotatable bonds is 6. The van der Waals surface area contributed by atoms with Gasteiger partial charge in [0.25, 0.3) is 11.1 Å². The largest absolute Gasteiger partial charge is 0.295 e. The number of H-pyrrole nitrogens is 2. The summed E-state index contributed by atoms with van der Waals surface area (Å²) in [6.07, 6.45) is 3.15. The van der Waals surface area contributed by atoms with Gasteiger partial charge in [0.1, 0.15) is 0 Å². The Balaban J connectivity index is 1.43. The van der Waals surface area contributed by atoms with Crippen LogP contribution in [0.1, 0.15) is 28.1 Å². The van der Waals surface area contributed by atoms with Crippen LogP contribution in [0.3, 0.4) is 0 Å². The number of benzene rings is 3. The molecule has 5 rings (SSSR count). The Morgan fingerprint density at radius 3 is 1.65 bits per heavy atom. The molecule has 0 radical (unpaired) electrons. The second kappa shape index (κ2) is 9.94. The molecule has 0 atom stereocenters. The topological polar surface area (TPSA) is 100 Å². The minimum atomic E-state index is -0.171. The summed E-state index contributed by atoms with van der Waals surface area (Å²) in [7, 11) is 0. The Hall–Kier alpha value is -4.98. The van der Waals surface area contributed by atoms with Gasteiger partial charge in [0.05, 0.1) is 33.9 Å². The van der Waals surface area contributed by atoms with Crippen molar-refractivity contribution in [3.8, 4) is 11.4 Å². The van der Waals surface area contributed by atoms with Crippen molar-refractivity contribution >= 4 is 23.8 Å². The van der Waals surface area contributed by atoms with Gasteiger partial charge in [0.2, 0.25) is 0 Å². The van der Waals surface area contributed by atoms with E-state index in [0.717, 1.165) is 28.3 Å². The Morgan fingerprint density at radius 2 is 1.14 bits per heavy atom. The molecule has 0 saturated heterocycles. The summed E-state index contributed by atoms with van der Waals surface area (Å²) in [6, 6.07) is 24.4. The monoisotopic (exact) mass is 490 g/mol. The molecule has 0 spiro atoms. The van der Waals surface area contributed by atoms with Crippen LogP contribution in [0.4, 0.5) is 11.4 Å². The number of hydrogen-bond acceptors (Lipinski definition) is 4. The van der Waals surface area contributed by atoms with Gasteiger partial charge in [0.15, 0.2) is 0 Å². The number of aromatic nitrogens is 4. The van der Waals surface area contributed by atoms with E-state index in [1.54, 1.807) is 12.4 Å². The number of nitrogens with zero attached hydrogens (tertiary/aromatic N) is 4. The highest BCUT2D eigenvalue weighted by atomic mass is 16.1. The first-order valence-electron chi connectivity index (χ1n) is 11.9. The maximum absolute atomic E-state index is 13.0. The smallest absolute Gasteiger partial charge is 0.280 e. The first-order valence-corrected chi connectivity index (χ1v) is 11.9. The minimum Gasteiger partial charge on any atom is -0.295 e. The second-order valence-corrected chi connectivity index (χ2v) is 8.74. The number of hydrogen-bond donors (Lipinski definition) is 2. The summed E-state index contributed by atoms with van der Waals surface area (Å²) in [4.78, 5) is 35.0. The average molecular weight is 491 g/mol. The fourth-order valence-electron chi connectivity index (χ4n) is 4.03. The first kappa shape index (κ1) is 23.7. The van der Waals surface area contributed by atoms with Crippen molar-refractivity contribution in [1.82, 2.24) is 19.6 Å². The van der Waals surface area contributed by atoms with E-state index in [9.17, 15) is 9.59 Å². The molecule has 184 valence electrons. The molecule has 37 heavy (non-hydrogen) atoms. The van der Waals surface area contributed by atoms with Crippen LogP contribution < -0.4 is 11.1 Å². The molecule has 5 aromatic rings. The number of aromatic amines is 2. The number of nitrogens with one attached hydrogen (secondary N) is 2. The fraction of sp³-hybridized carbons (Fsp3) is 0.103. The molecule has 0 saturated carbocycles. The molecule has 2 aromatic heterocycles. The van der Waals surface area contributed by atoms with Crippen LogP contribution >= 0.6 is 0 Å². The number of aliphatic imine (C=N–C) groups is 2. The molecule has 0 aliphatic rings. The predicted octanol–water partition coefficient (Wildman–Crippen LogP) is 5.07. The molecule has 0 aliphatic carbocycles. The second-order valence-electron chi connectivity index (χ2n) is 8.74. The Bertz CT molecular complexity index is 1730.